The Kier molecular flexibility index (Phi) is 5.10. The molecule has 0 bridgehead atoms. The molecule has 1 N–H and O–H groups in total. The van der Waals surface area contributed by atoms with Crippen LogP contribution in [-0.2, 0) is 16.9 Å². The number of rotatable bonds is 4. The molecule has 1 aliphatic heterocycles. The summed E-state index contributed by atoms with van der Waals surface area (Å²) in [4.78, 5) is 32.4. The van der Waals surface area contributed by atoms with Crippen LogP contribution in [0.5, 0.6) is 5.75 Å². The molecule has 1 amide bonds. The van der Waals surface area contributed by atoms with Crippen molar-refractivity contribution in [2.45, 2.75) is 52.4 Å². The van der Waals surface area contributed by atoms with E-state index < -0.39 is 17.0 Å². The van der Waals surface area contributed by atoms with Gasteiger partial charge in [-0.15, -0.1) is 0 Å². The number of carbonyl (C=O) groups is 1. The number of anilines is 1. The van der Waals surface area contributed by atoms with E-state index in [1.165, 1.54) is 11.0 Å². The molecule has 4 aromatic rings. The molecule has 1 aliphatic rings. The topological polar surface area (TPSA) is 106 Å². The lowest BCUT2D eigenvalue weighted by Gasteiger charge is -2.38. The second kappa shape index (κ2) is 7.81. The Balaban J connectivity index is 1.57. The van der Waals surface area contributed by atoms with Gasteiger partial charge in [-0.05, 0) is 46.8 Å². The van der Waals surface area contributed by atoms with Crippen molar-refractivity contribution in [1.82, 2.24) is 24.3 Å². The maximum absolute atomic E-state index is 14.6. The first-order valence-corrected chi connectivity index (χ1v) is 11.1. The van der Waals surface area contributed by atoms with Gasteiger partial charge < -0.3 is 9.84 Å². The van der Waals surface area contributed by atoms with Gasteiger partial charge in [0.25, 0.3) is 5.91 Å². The molecule has 0 saturated carbocycles. The van der Waals surface area contributed by atoms with Crippen molar-refractivity contribution in [2.75, 3.05) is 4.90 Å². The van der Waals surface area contributed by atoms with Crippen LogP contribution < -0.4 is 9.64 Å². The minimum Gasteiger partial charge on any atom is -0.473 e. The van der Waals surface area contributed by atoms with Crippen LogP contribution in [0, 0.1) is 12.7 Å². The molecule has 0 fully saturated rings. The molecule has 3 aromatic heterocycles. The van der Waals surface area contributed by atoms with Crippen LogP contribution in [0.25, 0.3) is 16.9 Å². The molecular formula is C25H25FN6O3. The van der Waals surface area contributed by atoms with Gasteiger partial charge in [-0.25, -0.2) is 19.3 Å². The van der Waals surface area contributed by atoms with E-state index in [0.29, 0.717) is 34.1 Å². The monoisotopic (exact) mass is 476 g/mol. The number of carbonyl (C=O) groups excluding carboxylic acids is 1. The van der Waals surface area contributed by atoms with E-state index >= 15 is 0 Å². The number of halogens is 1. The highest BCUT2D eigenvalue weighted by Crippen LogP contribution is 2.40. The number of benzene rings is 1. The molecule has 180 valence electrons. The number of aromatic nitrogens is 5. The predicted octanol–water partition coefficient (Wildman–Crippen LogP) is 3.57. The molecule has 35 heavy (non-hydrogen) atoms. The number of para-hydroxylation sites is 1. The molecule has 0 spiro atoms. The Morgan fingerprint density at radius 2 is 1.86 bits per heavy atom. The molecule has 10 heteroatoms. The molecule has 4 heterocycles. The number of nitrogens with zero attached hydrogens (tertiary/aromatic N) is 6. The second-order valence-corrected chi connectivity index (χ2v) is 9.59. The average Bonchev–Trinajstić information content (AvgIpc) is 3.11. The minimum atomic E-state index is -1.23. The van der Waals surface area contributed by atoms with Crippen LogP contribution in [0.2, 0.25) is 0 Å². The second-order valence-electron chi connectivity index (χ2n) is 9.59. The van der Waals surface area contributed by atoms with Gasteiger partial charge in [0.1, 0.15) is 5.60 Å². The first-order chi connectivity index (χ1) is 16.5. The van der Waals surface area contributed by atoms with Gasteiger partial charge in [0.05, 0.1) is 35.5 Å². The maximum Gasteiger partial charge on any atom is 0.271 e. The van der Waals surface area contributed by atoms with E-state index in [9.17, 15) is 14.3 Å². The number of aliphatic hydroxyl groups is 1. The summed E-state index contributed by atoms with van der Waals surface area (Å²) in [5.74, 6) is -0.449. The van der Waals surface area contributed by atoms with Crippen LogP contribution in [-0.4, -0.2) is 41.0 Å². The van der Waals surface area contributed by atoms with E-state index in [1.807, 2.05) is 11.3 Å². The number of imidazole rings is 1. The Bertz CT molecular complexity index is 1460. The number of aryl methyl sites for hydroxylation is 1. The fourth-order valence-corrected chi connectivity index (χ4v) is 4.09. The number of hydrogen-bond acceptors (Lipinski definition) is 7. The lowest BCUT2D eigenvalue weighted by atomic mass is 10.0. The molecule has 0 aliphatic carbocycles. The summed E-state index contributed by atoms with van der Waals surface area (Å²) in [6, 6.07) is 4.53. The zero-order valence-electron chi connectivity index (χ0n) is 20.1. The SMILES string of the molecule is Cc1nc2cnc(-c3cnc(C(C)(C)O)nc3)cn2c1CN1C(=O)C(C)(C)Oc2c(F)cccc21. The molecule has 0 unspecified atom stereocenters. The summed E-state index contributed by atoms with van der Waals surface area (Å²) in [6.45, 7) is 8.49. The molecular weight excluding hydrogens is 451 g/mol. The van der Waals surface area contributed by atoms with E-state index in [4.69, 9.17) is 4.74 Å². The molecule has 0 radical (unpaired) electrons. The Hall–Kier alpha value is -3.92. The van der Waals surface area contributed by atoms with Crippen molar-refractivity contribution in [3.05, 3.63) is 66.0 Å². The van der Waals surface area contributed by atoms with Gasteiger partial charge in [0.15, 0.2) is 28.6 Å². The number of amides is 1. The summed E-state index contributed by atoms with van der Waals surface area (Å²) >= 11 is 0. The van der Waals surface area contributed by atoms with Gasteiger partial charge in [-0.1, -0.05) is 6.07 Å². The fraction of sp³-hybridized carbons (Fsp3) is 0.320. The summed E-state index contributed by atoms with van der Waals surface area (Å²) < 4.78 is 22.1. The predicted molar refractivity (Wildman–Crippen MR) is 126 cm³/mol. The van der Waals surface area contributed by atoms with E-state index in [1.54, 1.807) is 64.6 Å². The zero-order chi connectivity index (χ0) is 25.1. The quantitative estimate of drug-likeness (QED) is 0.480. The van der Waals surface area contributed by atoms with Gasteiger partial charge in [0, 0.05) is 24.2 Å². The van der Waals surface area contributed by atoms with Gasteiger partial charge in [0.2, 0.25) is 0 Å². The van der Waals surface area contributed by atoms with E-state index in [2.05, 4.69) is 19.9 Å². The third-order valence-corrected chi connectivity index (χ3v) is 5.97. The largest absolute Gasteiger partial charge is 0.473 e. The van der Waals surface area contributed by atoms with Gasteiger partial charge in [-0.3, -0.25) is 19.1 Å². The van der Waals surface area contributed by atoms with Crippen LogP contribution >= 0.6 is 0 Å². The van der Waals surface area contributed by atoms with Crippen LogP contribution in [0.1, 0.15) is 44.9 Å². The lowest BCUT2D eigenvalue weighted by Crippen LogP contribution is -2.52. The maximum atomic E-state index is 14.6. The zero-order valence-corrected chi connectivity index (χ0v) is 20.1. The highest BCUT2D eigenvalue weighted by molar-refractivity contribution is 6.02. The standard InChI is InChI=1S/C25H25FN6O3/c1-14-19(13-32-18-8-6-7-16(26)21(18)35-25(4,5)23(32)33)31-12-17(27-11-20(31)30-14)15-9-28-22(29-10-15)24(2,3)34/h6-12,34H,13H2,1-5H3. The van der Waals surface area contributed by atoms with Crippen molar-refractivity contribution < 1.29 is 19.0 Å². The number of fused-ring (bicyclic) bond motifs is 2. The first kappa shape index (κ1) is 22.9. The molecule has 0 saturated heterocycles. The third-order valence-electron chi connectivity index (χ3n) is 5.97. The lowest BCUT2D eigenvalue weighted by molar-refractivity contribution is -0.133. The molecule has 5 rings (SSSR count). The Morgan fingerprint density at radius 3 is 2.54 bits per heavy atom. The molecule has 1 aromatic carbocycles. The number of ether oxygens (including phenoxy) is 1. The smallest absolute Gasteiger partial charge is 0.271 e. The van der Waals surface area contributed by atoms with Crippen molar-refractivity contribution in [1.29, 1.82) is 0 Å². The third kappa shape index (κ3) is 3.89. The number of hydrogen-bond donors (Lipinski definition) is 1. The summed E-state index contributed by atoms with van der Waals surface area (Å²) in [5.41, 5.74) is 1.32. The van der Waals surface area contributed by atoms with Gasteiger partial charge >= 0.3 is 0 Å². The van der Waals surface area contributed by atoms with Crippen molar-refractivity contribution in [3.63, 3.8) is 0 Å². The van der Waals surface area contributed by atoms with Crippen LogP contribution in [0.15, 0.2) is 43.0 Å². The average molecular weight is 477 g/mol. The van der Waals surface area contributed by atoms with Crippen molar-refractivity contribution in [2.24, 2.45) is 0 Å². The highest BCUT2D eigenvalue weighted by Gasteiger charge is 2.42. The van der Waals surface area contributed by atoms with Crippen molar-refractivity contribution >= 4 is 17.2 Å². The highest BCUT2D eigenvalue weighted by atomic mass is 19.1. The first-order valence-electron chi connectivity index (χ1n) is 11.1. The van der Waals surface area contributed by atoms with Crippen LogP contribution in [0.4, 0.5) is 10.1 Å². The fourth-order valence-electron chi connectivity index (χ4n) is 4.09. The van der Waals surface area contributed by atoms with Crippen molar-refractivity contribution in [3.8, 4) is 17.0 Å². The van der Waals surface area contributed by atoms with E-state index in [0.717, 1.165) is 5.69 Å². The molecule has 9 nitrogen and oxygen atoms in total. The Morgan fingerprint density at radius 1 is 1.14 bits per heavy atom. The van der Waals surface area contributed by atoms with E-state index in [-0.39, 0.29) is 18.2 Å². The molecule has 0 atom stereocenters. The van der Waals surface area contributed by atoms with Crippen LogP contribution in [0.3, 0.4) is 0 Å². The summed E-state index contributed by atoms with van der Waals surface area (Å²) in [5, 5.41) is 10.1. The summed E-state index contributed by atoms with van der Waals surface area (Å²) in [6.07, 6.45) is 6.64. The summed E-state index contributed by atoms with van der Waals surface area (Å²) in [7, 11) is 0. The van der Waals surface area contributed by atoms with Gasteiger partial charge in [-0.2, -0.15) is 0 Å². The Labute approximate surface area is 201 Å². The normalized spacial score (nSPS) is 15.3. The minimum absolute atomic E-state index is 0.0509.